The van der Waals surface area contributed by atoms with Crippen LogP contribution in [0.3, 0.4) is 0 Å². The highest BCUT2D eigenvalue weighted by Gasteiger charge is 2.36. The van der Waals surface area contributed by atoms with E-state index in [0.29, 0.717) is 0 Å². The smallest absolute Gasteiger partial charge is 0.179 e. The molecule has 0 aromatic heterocycles. The highest BCUT2D eigenvalue weighted by Crippen LogP contribution is 2.30. The van der Waals surface area contributed by atoms with Gasteiger partial charge >= 0.3 is 0 Å². The van der Waals surface area contributed by atoms with Crippen LogP contribution in [0.5, 0.6) is 0 Å². The fourth-order valence-corrected chi connectivity index (χ4v) is 12.4. The summed E-state index contributed by atoms with van der Waals surface area (Å²) in [6.45, 7) is 13.9. The topological polar surface area (TPSA) is 9.23 Å². The van der Waals surface area contributed by atoms with Crippen molar-refractivity contribution in [2.75, 3.05) is 0 Å². The minimum atomic E-state index is -1.37. The predicted octanol–water partition coefficient (Wildman–Crippen LogP) is 5.01. The van der Waals surface area contributed by atoms with Crippen LogP contribution in [0.2, 0.25) is 37.8 Å². The molecule has 0 fully saturated rings. The van der Waals surface area contributed by atoms with Crippen molar-refractivity contribution in [1.82, 2.24) is 0 Å². The lowest BCUT2D eigenvalue weighted by atomic mass is 10.6. The van der Waals surface area contributed by atoms with E-state index in [4.69, 9.17) is 4.12 Å². The molecule has 15 heavy (non-hydrogen) atoms. The van der Waals surface area contributed by atoms with Gasteiger partial charge in [-0.2, -0.15) is 0 Å². The molecule has 0 rings (SSSR count). The summed E-state index contributed by atoms with van der Waals surface area (Å²) in [6.07, 6.45) is 3.91. The van der Waals surface area contributed by atoms with Crippen molar-refractivity contribution in [2.24, 2.45) is 0 Å². The van der Waals surface area contributed by atoms with Gasteiger partial charge in [0.1, 0.15) is 0 Å². The molecule has 0 heterocycles. The van der Waals surface area contributed by atoms with E-state index in [0.717, 1.165) is 0 Å². The number of hydrogen-bond acceptors (Lipinski definition) is 1. The Balaban J connectivity index is 4.60. The molecule has 0 saturated heterocycles. The monoisotopic (exact) mass is 246 g/mol. The number of rotatable bonds is 8. The van der Waals surface area contributed by atoms with Gasteiger partial charge in [0.15, 0.2) is 16.6 Å². The summed E-state index contributed by atoms with van der Waals surface area (Å²) in [7, 11) is -2.71. The lowest BCUT2D eigenvalue weighted by Crippen LogP contribution is -2.46. The van der Waals surface area contributed by atoms with Crippen molar-refractivity contribution in [1.29, 1.82) is 0 Å². The minimum Gasteiger partial charge on any atom is -0.455 e. The van der Waals surface area contributed by atoms with E-state index >= 15 is 0 Å². The first-order chi connectivity index (χ1) is 6.89. The Morgan fingerprint density at radius 1 is 0.733 bits per heavy atom. The van der Waals surface area contributed by atoms with Crippen LogP contribution in [0, 0.1) is 0 Å². The molecule has 1 nitrogen and oxygen atoms in total. The molecule has 0 aliphatic rings. The van der Waals surface area contributed by atoms with Crippen LogP contribution in [-0.4, -0.2) is 16.6 Å². The Bertz CT molecular complexity index is 146. The Hall–Kier alpha value is 0.394. The second-order valence-corrected chi connectivity index (χ2v) is 14.6. The summed E-state index contributed by atoms with van der Waals surface area (Å²) in [4.78, 5) is 0. The van der Waals surface area contributed by atoms with Crippen molar-refractivity contribution in [2.45, 2.75) is 77.8 Å². The van der Waals surface area contributed by atoms with Crippen LogP contribution in [0.4, 0.5) is 0 Å². The maximum absolute atomic E-state index is 6.62. The summed E-state index contributed by atoms with van der Waals surface area (Å²) >= 11 is 0. The van der Waals surface area contributed by atoms with Crippen LogP contribution in [-0.2, 0) is 4.12 Å². The molecule has 0 N–H and O–H groups in total. The molecule has 0 aliphatic carbocycles. The predicted molar refractivity (Wildman–Crippen MR) is 75.5 cm³/mol. The third kappa shape index (κ3) is 6.53. The fraction of sp³-hybridized carbons (Fsp3) is 1.00. The van der Waals surface area contributed by atoms with Crippen LogP contribution in [0.1, 0.15) is 40.0 Å². The van der Waals surface area contributed by atoms with Crippen molar-refractivity contribution >= 4 is 16.6 Å². The number of hydrogen-bond donors (Lipinski definition) is 0. The van der Waals surface area contributed by atoms with E-state index in [1.165, 1.54) is 37.4 Å². The maximum Gasteiger partial charge on any atom is 0.179 e. The molecular formula is C12H30OSi2. The first-order valence-corrected chi connectivity index (χ1v) is 12.5. The van der Waals surface area contributed by atoms with Gasteiger partial charge in [0.2, 0.25) is 0 Å². The van der Waals surface area contributed by atoms with Crippen LogP contribution >= 0.6 is 0 Å². The van der Waals surface area contributed by atoms with Gasteiger partial charge in [0.05, 0.1) is 0 Å². The molecule has 0 radical (unpaired) electrons. The van der Waals surface area contributed by atoms with Crippen molar-refractivity contribution in [3.63, 3.8) is 0 Å². The van der Waals surface area contributed by atoms with Gasteiger partial charge < -0.3 is 4.12 Å². The molecule has 3 heteroatoms. The lowest BCUT2D eigenvalue weighted by molar-refractivity contribution is 0.518. The summed E-state index contributed by atoms with van der Waals surface area (Å²) in [5.74, 6) is 0. The Kier molecular flexibility index (Phi) is 7.05. The Morgan fingerprint density at radius 2 is 1.07 bits per heavy atom. The molecule has 0 atom stereocenters. The van der Waals surface area contributed by atoms with Gasteiger partial charge in [0, 0.05) is 0 Å². The molecular weight excluding hydrogens is 216 g/mol. The maximum atomic E-state index is 6.62. The quantitative estimate of drug-likeness (QED) is 0.547. The molecule has 0 saturated carbocycles. The summed E-state index contributed by atoms with van der Waals surface area (Å²) in [5.41, 5.74) is 0. The van der Waals surface area contributed by atoms with Gasteiger partial charge in [-0.3, -0.25) is 0 Å². The van der Waals surface area contributed by atoms with Gasteiger partial charge in [-0.1, -0.05) is 40.0 Å². The lowest BCUT2D eigenvalue weighted by Gasteiger charge is -2.37. The zero-order chi connectivity index (χ0) is 11.9. The summed E-state index contributed by atoms with van der Waals surface area (Å²) in [6, 6.07) is 4.12. The second-order valence-electron chi connectivity index (χ2n) is 5.65. The van der Waals surface area contributed by atoms with Crippen molar-refractivity contribution in [3.05, 3.63) is 0 Å². The molecule has 0 aliphatic heterocycles. The molecule has 92 valence electrons. The highest BCUT2D eigenvalue weighted by atomic mass is 28.4. The summed E-state index contributed by atoms with van der Waals surface area (Å²) in [5, 5.41) is 0. The molecule has 0 aromatic rings. The van der Waals surface area contributed by atoms with E-state index in [2.05, 4.69) is 40.4 Å². The van der Waals surface area contributed by atoms with E-state index in [1.54, 1.807) is 0 Å². The summed E-state index contributed by atoms with van der Waals surface area (Å²) < 4.78 is 6.62. The molecule has 0 amide bonds. The Morgan fingerprint density at radius 3 is 1.27 bits per heavy atom. The standard InChI is InChI=1S/C12H30OSi2/c1-7-10-15(11-8-2,12-9-3)13-14(4,5)6/h7-12H2,1-6H3. The first kappa shape index (κ1) is 15.4. The Labute approximate surface area is 98.9 Å². The second kappa shape index (κ2) is 6.87. The zero-order valence-electron chi connectivity index (χ0n) is 11.7. The highest BCUT2D eigenvalue weighted by molar-refractivity contribution is 6.85. The molecule has 0 bridgehead atoms. The normalized spacial score (nSPS) is 13.2. The first-order valence-electron chi connectivity index (χ1n) is 6.59. The SMILES string of the molecule is CCC[Si](CCC)(CCC)O[Si](C)(C)C. The van der Waals surface area contributed by atoms with Crippen molar-refractivity contribution in [3.8, 4) is 0 Å². The third-order valence-corrected chi connectivity index (χ3v) is 11.1. The zero-order valence-corrected chi connectivity index (χ0v) is 13.7. The van der Waals surface area contributed by atoms with Gasteiger partial charge in [-0.15, -0.1) is 0 Å². The van der Waals surface area contributed by atoms with E-state index in [1.807, 2.05) is 0 Å². The minimum absolute atomic E-state index is 1.30. The fourth-order valence-electron chi connectivity index (χ4n) is 2.54. The average Bonchev–Trinajstić information content (AvgIpc) is 2.01. The van der Waals surface area contributed by atoms with Gasteiger partial charge in [-0.05, 0) is 37.8 Å². The van der Waals surface area contributed by atoms with Crippen LogP contribution in [0.15, 0.2) is 0 Å². The average molecular weight is 247 g/mol. The largest absolute Gasteiger partial charge is 0.455 e. The van der Waals surface area contributed by atoms with Gasteiger partial charge in [0.25, 0.3) is 0 Å². The van der Waals surface area contributed by atoms with Crippen LogP contribution in [0.25, 0.3) is 0 Å². The van der Waals surface area contributed by atoms with Gasteiger partial charge in [-0.25, -0.2) is 0 Å². The van der Waals surface area contributed by atoms with E-state index in [-0.39, 0.29) is 0 Å². The molecule has 0 unspecified atom stereocenters. The third-order valence-electron chi connectivity index (χ3n) is 2.64. The molecule has 0 aromatic carbocycles. The van der Waals surface area contributed by atoms with Crippen LogP contribution < -0.4 is 0 Å². The molecule has 0 spiro atoms. The van der Waals surface area contributed by atoms with Crippen molar-refractivity contribution < 1.29 is 4.12 Å². The van der Waals surface area contributed by atoms with E-state index in [9.17, 15) is 0 Å². The van der Waals surface area contributed by atoms with E-state index < -0.39 is 16.6 Å².